The van der Waals surface area contributed by atoms with Gasteiger partial charge < -0.3 is 14.8 Å². The fraction of sp³-hybridized carbons (Fsp3) is 0.350. The molecular formula is C20H19FN4O2. The summed E-state index contributed by atoms with van der Waals surface area (Å²) in [7, 11) is 0. The number of anilines is 1. The standard InChI is InChI=1S/C20H19FN4O2/c1-2-18(26)24-10-14(11-24)23-19-15-7-13(21)5-6-17(15)25(9-12-3-4-12)20(27)16(19)8-22/h2,5-7,12,14,23H,1,3-4,9-11H2. The largest absolute Gasteiger partial charge is 0.377 e. The van der Waals surface area contributed by atoms with Gasteiger partial charge in [-0.1, -0.05) is 6.58 Å². The van der Waals surface area contributed by atoms with E-state index in [4.69, 9.17) is 0 Å². The summed E-state index contributed by atoms with van der Waals surface area (Å²) >= 11 is 0. The maximum Gasteiger partial charge on any atom is 0.271 e. The van der Waals surface area contributed by atoms with E-state index in [2.05, 4.69) is 11.9 Å². The Balaban J connectivity index is 1.76. The highest BCUT2D eigenvalue weighted by Crippen LogP contribution is 2.33. The molecule has 0 radical (unpaired) electrons. The van der Waals surface area contributed by atoms with Gasteiger partial charge in [-0.15, -0.1) is 0 Å². The predicted molar refractivity (Wildman–Crippen MR) is 99.8 cm³/mol. The molecular weight excluding hydrogens is 347 g/mol. The van der Waals surface area contributed by atoms with Crippen LogP contribution in [-0.2, 0) is 11.3 Å². The third-order valence-electron chi connectivity index (χ3n) is 5.19. The monoisotopic (exact) mass is 366 g/mol. The van der Waals surface area contributed by atoms with Gasteiger partial charge in [0.25, 0.3) is 5.56 Å². The number of halogens is 1. The number of pyridine rings is 1. The fourth-order valence-corrected chi connectivity index (χ4v) is 3.51. The first kappa shape index (κ1) is 17.3. The van der Waals surface area contributed by atoms with Crippen molar-refractivity contribution >= 4 is 22.5 Å². The summed E-state index contributed by atoms with van der Waals surface area (Å²) in [5.41, 5.74) is 0.597. The van der Waals surface area contributed by atoms with Crippen LogP contribution in [0.15, 0.2) is 35.6 Å². The number of amides is 1. The summed E-state index contributed by atoms with van der Waals surface area (Å²) < 4.78 is 15.5. The zero-order chi connectivity index (χ0) is 19.1. The number of nitrogens with one attached hydrogen (secondary N) is 1. The lowest BCUT2D eigenvalue weighted by Crippen LogP contribution is -2.56. The Bertz CT molecular complexity index is 1040. The van der Waals surface area contributed by atoms with E-state index in [1.807, 2.05) is 6.07 Å². The highest BCUT2D eigenvalue weighted by atomic mass is 19.1. The fourth-order valence-electron chi connectivity index (χ4n) is 3.51. The molecule has 0 unspecified atom stereocenters. The van der Waals surface area contributed by atoms with Crippen molar-refractivity contribution in [1.82, 2.24) is 9.47 Å². The summed E-state index contributed by atoms with van der Waals surface area (Å²) in [5, 5.41) is 13.3. The van der Waals surface area contributed by atoms with Crippen LogP contribution in [0.4, 0.5) is 10.1 Å². The molecule has 138 valence electrons. The van der Waals surface area contributed by atoms with E-state index < -0.39 is 5.82 Å². The number of benzene rings is 1. The minimum atomic E-state index is -0.428. The molecule has 2 aliphatic rings. The third kappa shape index (κ3) is 3.08. The molecule has 27 heavy (non-hydrogen) atoms. The van der Waals surface area contributed by atoms with Gasteiger partial charge in [0, 0.05) is 25.0 Å². The lowest BCUT2D eigenvalue weighted by Gasteiger charge is -2.39. The van der Waals surface area contributed by atoms with Crippen LogP contribution in [0.5, 0.6) is 0 Å². The summed E-state index contributed by atoms with van der Waals surface area (Å²) in [4.78, 5) is 26.1. The molecule has 0 bridgehead atoms. The van der Waals surface area contributed by atoms with Gasteiger partial charge in [-0.3, -0.25) is 9.59 Å². The van der Waals surface area contributed by atoms with E-state index in [1.165, 1.54) is 18.2 Å². The van der Waals surface area contributed by atoms with Crippen molar-refractivity contribution in [2.75, 3.05) is 18.4 Å². The van der Waals surface area contributed by atoms with Crippen LogP contribution in [0.3, 0.4) is 0 Å². The van der Waals surface area contributed by atoms with Gasteiger partial charge in [0.2, 0.25) is 5.91 Å². The molecule has 1 N–H and O–H groups in total. The Labute approximate surface area is 155 Å². The van der Waals surface area contributed by atoms with Gasteiger partial charge in [-0.25, -0.2) is 4.39 Å². The maximum atomic E-state index is 13.9. The highest BCUT2D eigenvalue weighted by molar-refractivity contribution is 5.95. The van der Waals surface area contributed by atoms with Crippen molar-refractivity contribution in [3.63, 3.8) is 0 Å². The van der Waals surface area contributed by atoms with E-state index in [0.717, 1.165) is 12.8 Å². The van der Waals surface area contributed by atoms with Crippen molar-refractivity contribution in [1.29, 1.82) is 5.26 Å². The molecule has 1 aromatic carbocycles. The average Bonchev–Trinajstić information content (AvgIpc) is 3.44. The molecule has 1 aliphatic carbocycles. The summed E-state index contributed by atoms with van der Waals surface area (Å²) in [6.07, 6.45) is 3.37. The lowest BCUT2D eigenvalue weighted by atomic mass is 10.0. The highest BCUT2D eigenvalue weighted by Gasteiger charge is 2.31. The number of hydrogen-bond acceptors (Lipinski definition) is 4. The number of likely N-dealkylation sites (tertiary alicyclic amines) is 1. The van der Waals surface area contributed by atoms with Crippen LogP contribution in [0.25, 0.3) is 10.9 Å². The molecule has 1 amide bonds. The molecule has 0 atom stereocenters. The first-order valence-electron chi connectivity index (χ1n) is 8.96. The first-order chi connectivity index (χ1) is 13.0. The Kier molecular flexibility index (Phi) is 4.19. The number of nitriles is 1. The van der Waals surface area contributed by atoms with Crippen molar-refractivity contribution in [3.05, 3.63) is 52.6 Å². The molecule has 4 rings (SSSR count). The average molecular weight is 366 g/mol. The maximum absolute atomic E-state index is 13.9. The molecule has 1 saturated heterocycles. The van der Waals surface area contributed by atoms with Crippen LogP contribution in [0, 0.1) is 23.1 Å². The number of fused-ring (bicyclic) bond motifs is 1. The number of hydrogen-bond donors (Lipinski definition) is 1. The van der Waals surface area contributed by atoms with Crippen LogP contribution < -0.4 is 10.9 Å². The normalized spacial score (nSPS) is 16.7. The molecule has 1 saturated carbocycles. The second kappa shape index (κ2) is 6.54. The minimum Gasteiger partial charge on any atom is -0.377 e. The molecule has 2 fully saturated rings. The quantitative estimate of drug-likeness (QED) is 0.823. The second-order valence-electron chi connectivity index (χ2n) is 7.17. The van der Waals surface area contributed by atoms with Crippen LogP contribution in [0.1, 0.15) is 18.4 Å². The zero-order valence-electron chi connectivity index (χ0n) is 14.7. The van der Waals surface area contributed by atoms with Gasteiger partial charge in [0.15, 0.2) is 0 Å². The third-order valence-corrected chi connectivity index (χ3v) is 5.19. The molecule has 2 aromatic rings. The number of carbonyl (C=O) groups is 1. The van der Waals surface area contributed by atoms with E-state index in [-0.39, 0.29) is 23.1 Å². The number of rotatable bonds is 5. The van der Waals surface area contributed by atoms with E-state index in [9.17, 15) is 19.2 Å². The SMILES string of the molecule is C=CC(=O)N1CC(Nc2c(C#N)c(=O)n(CC3CC3)c3ccc(F)cc23)C1. The van der Waals surface area contributed by atoms with Gasteiger partial charge >= 0.3 is 0 Å². The van der Waals surface area contributed by atoms with Crippen LogP contribution in [0.2, 0.25) is 0 Å². The van der Waals surface area contributed by atoms with Crippen LogP contribution in [-0.4, -0.2) is 34.5 Å². The van der Waals surface area contributed by atoms with Crippen molar-refractivity contribution in [2.24, 2.45) is 5.92 Å². The van der Waals surface area contributed by atoms with Crippen LogP contribution >= 0.6 is 0 Å². The molecule has 1 aromatic heterocycles. The molecule has 0 spiro atoms. The number of aromatic nitrogens is 1. The predicted octanol–water partition coefficient (Wildman–Crippen LogP) is 2.23. The summed E-state index contributed by atoms with van der Waals surface area (Å²) in [5.74, 6) is -0.154. The van der Waals surface area contributed by atoms with Crippen molar-refractivity contribution < 1.29 is 9.18 Å². The van der Waals surface area contributed by atoms with E-state index in [1.54, 1.807) is 15.5 Å². The Hall–Kier alpha value is -3.14. The molecule has 6 nitrogen and oxygen atoms in total. The van der Waals surface area contributed by atoms with Gasteiger partial charge in [-0.2, -0.15) is 5.26 Å². The first-order valence-corrected chi connectivity index (χ1v) is 8.96. The Morgan fingerprint density at radius 2 is 2.15 bits per heavy atom. The Morgan fingerprint density at radius 3 is 2.78 bits per heavy atom. The summed E-state index contributed by atoms with van der Waals surface area (Å²) in [6.45, 7) is 4.89. The molecule has 2 heterocycles. The lowest BCUT2D eigenvalue weighted by molar-refractivity contribution is -0.129. The topological polar surface area (TPSA) is 78.1 Å². The van der Waals surface area contributed by atoms with Crippen molar-refractivity contribution in [3.8, 4) is 6.07 Å². The number of nitrogens with zero attached hydrogens (tertiary/aromatic N) is 3. The van der Waals surface area contributed by atoms with Gasteiger partial charge in [0.05, 0.1) is 17.2 Å². The smallest absolute Gasteiger partial charge is 0.271 e. The molecule has 7 heteroatoms. The van der Waals surface area contributed by atoms with Crippen molar-refractivity contribution in [2.45, 2.75) is 25.4 Å². The summed E-state index contributed by atoms with van der Waals surface area (Å²) in [6, 6.07) is 6.16. The Morgan fingerprint density at radius 1 is 1.41 bits per heavy atom. The van der Waals surface area contributed by atoms with Gasteiger partial charge in [0.1, 0.15) is 17.4 Å². The van der Waals surface area contributed by atoms with E-state index in [0.29, 0.717) is 42.1 Å². The second-order valence-corrected chi connectivity index (χ2v) is 7.17. The number of carbonyl (C=O) groups excluding carboxylic acids is 1. The minimum absolute atomic E-state index is 0.0118. The zero-order valence-corrected chi connectivity index (χ0v) is 14.7. The molecule has 1 aliphatic heterocycles. The van der Waals surface area contributed by atoms with Gasteiger partial charge in [-0.05, 0) is 43.0 Å². The van der Waals surface area contributed by atoms with E-state index >= 15 is 0 Å².